The lowest BCUT2D eigenvalue weighted by molar-refractivity contribution is -0.133. The number of rotatable bonds is 10. The number of nitrogens with one attached hydrogen (secondary N) is 3. The smallest absolute Gasteiger partial charge is 0.411 e. The van der Waals surface area contributed by atoms with Crippen LogP contribution in [-0.4, -0.2) is 70.9 Å². The molecule has 0 aromatic heterocycles. The summed E-state index contributed by atoms with van der Waals surface area (Å²) in [7, 11) is 0.511. The fourth-order valence-corrected chi connectivity index (χ4v) is 7.37. The third-order valence-electron chi connectivity index (χ3n) is 8.60. The molecular formula is C34H40N4O8S. The molecular weight excluding hydrogens is 624 g/mol. The van der Waals surface area contributed by atoms with Gasteiger partial charge < -0.3 is 29.7 Å². The third-order valence-corrected chi connectivity index (χ3v) is 10.8. The zero-order chi connectivity index (χ0) is 33.9. The van der Waals surface area contributed by atoms with Gasteiger partial charge in [-0.3, -0.25) is 14.9 Å². The van der Waals surface area contributed by atoms with Crippen LogP contribution in [0.25, 0.3) is 0 Å². The van der Waals surface area contributed by atoms with Gasteiger partial charge in [0.25, 0.3) is 5.91 Å². The van der Waals surface area contributed by atoms with E-state index >= 15 is 0 Å². The van der Waals surface area contributed by atoms with Crippen molar-refractivity contribution in [3.63, 3.8) is 0 Å². The number of amides is 3. The van der Waals surface area contributed by atoms with Crippen LogP contribution in [0.1, 0.15) is 65.8 Å². The minimum atomic E-state index is -3.76. The van der Waals surface area contributed by atoms with E-state index in [0.717, 1.165) is 5.56 Å². The number of carbonyl (C=O) groups is 3. The molecule has 250 valence electrons. The van der Waals surface area contributed by atoms with Crippen molar-refractivity contribution < 1.29 is 37.0 Å². The lowest BCUT2D eigenvalue weighted by atomic mass is 9.98. The Labute approximate surface area is 274 Å². The predicted octanol–water partition coefficient (Wildman–Crippen LogP) is 4.87. The van der Waals surface area contributed by atoms with Crippen molar-refractivity contribution in [1.82, 2.24) is 10.2 Å². The van der Waals surface area contributed by atoms with Crippen LogP contribution in [0.15, 0.2) is 59.5 Å². The molecule has 1 saturated heterocycles. The van der Waals surface area contributed by atoms with Crippen LogP contribution in [0.5, 0.6) is 11.5 Å². The molecule has 3 N–H and O–H groups in total. The summed E-state index contributed by atoms with van der Waals surface area (Å²) in [5.74, 6) is 0.439. The summed E-state index contributed by atoms with van der Waals surface area (Å²) in [5.41, 5.74) is 3.36. The van der Waals surface area contributed by atoms with E-state index in [9.17, 15) is 22.8 Å². The van der Waals surface area contributed by atoms with Crippen molar-refractivity contribution >= 4 is 39.1 Å². The quantitative estimate of drug-likeness (QED) is 0.276. The maximum atomic E-state index is 14.7. The van der Waals surface area contributed by atoms with E-state index < -0.39 is 33.3 Å². The molecule has 12 nitrogen and oxygen atoms in total. The van der Waals surface area contributed by atoms with Gasteiger partial charge in [0.05, 0.1) is 37.5 Å². The second-order valence-corrected chi connectivity index (χ2v) is 14.2. The lowest BCUT2D eigenvalue weighted by Crippen LogP contribution is -2.38. The lowest BCUT2D eigenvalue weighted by Gasteiger charge is -2.32. The molecule has 2 unspecified atom stereocenters. The van der Waals surface area contributed by atoms with Crippen molar-refractivity contribution in [2.24, 2.45) is 0 Å². The van der Waals surface area contributed by atoms with Gasteiger partial charge in [-0.2, -0.15) is 0 Å². The van der Waals surface area contributed by atoms with Gasteiger partial charge >= 0.3 is 6.09 Å². The molecule has 3 amide bonds. The van der Waals surface area contributed by atoms with Crippen LogP contribution in [0.3, 0.4) is 0 Å². The third kappa shape index (κ3) is 6.85. The highest BCUT2D eigenvalue weighted by Crippen LogP contribution is 2.41. The molecule has 1 fully saturated rings. The van der Waals surface area contributed by atoms with Gasteiger partial charge in [-0.1, -0.05) is 12.1 Å². The first-order valence-electron chi connectivity index (χ1n) is 15.4. The molecule has 2 heterocycles. The topological polar surface area (TPSA) is 152 Å². The van der Waals surface area contributed by atoms with E-state index in [1.165, 1.54) is 33.5 Å². The summed E-state index contributed by atoms with van der Waals surface area (Å²) in [6.07, 6.45) is 1.14. The van der Waals surface area contributed by atoms with Crippen LogP contribution in [0.2, 0.25) is 0 Å². The Morgan fingerprint density at radius 3 is 2.40 bits per heavy atom. The Morgan fingerprint density at radius 2 is 1.70 bits per heavy atom. The molecule has 47 heavy (non-hydrogen) atoms. The molecule has 0 aliphatic carbocycles. The summed E-state index contributed by atoms with van der Waals surface area (Å²) >= 11 is 0. The van der Waals surface area contributed by atoms with Gasteiger partial charge in [-0.25, -0.2) is 13.2 Å². The standard InChI is InChI=1S/C34H40N4O8S/c1-20(2)47(42,43)30-13-11-24(37-34(41)46-5)19-26(30)27-7-6-16-38(27)33(40)31(22-9-12-28(44-3)29(17-22)45-4)36-23-10-8-21-14-15-35-32(39)25(21)18-23/h8-13,17-20,27,31,36H,6-7,14-16H2,1-5H3,(H,35,39)(H,37,41). The molecule has 2 aliphatic heterocycles. The van der Waals surface area contributed by atoms with Crippen molar-refractivity contribution in [3.05, 3.63) is 76.9 Å². The molecule has 3 aromatic rings. The number of fused-ring (bicyclic) bond motifs is 1. The number of hydrogen-bond donors (Lipinski definition) is 3. The van der Waals surface area contributed by atoms with Gasteiger partial charge in [0.1, 0.15) is 6.04 Å². The number of ether oxygens (including phenoxy) is 3. The van der Waals surface area contributed by atoms with Gasteiger partial charge in [-0.15, -0.1) is 0 Å². The zero-order valence-corrected chi connectivity index (χ0v) is 27.9. The highest BCUT2D eigenvalue weighted by Gasteiger charge is 2.38. The van der Waals surface area contributed by atoms with Crippen molar-refractivity contribution in [2.75, 3.05) is 45.1 Å². The zero-order valence-electron chi connectivity index (χ0n) is 27.1. The highest BCUT2D eigenvalue weighted by atomic mass is 32.2. The van der Waals surface area contributed by atoms with Crippen LogP contribution in [-0.2, 0) is 25.8 Å². The maximum Gasteiger partial charge on any atom is 0.411 e. The number of carbonyl (C=O) groups excluding carboxylic acids is 3. The monoisotopic (exact) mass is 664 g/mol. The molecule has 2 atom stereocenters. The number of sulfone groups is 1. The van der Waals surface area contributed by atoms with E-state index in [1.54, 1.807) is 49.1 Å². The van der Waals surface area contributed by atoms with E-state index in [4.69, 9.17) is 14.2 Å². The fourth-order valence-electron chi connectivity index (χ4n) is 6.08. The van der Waals surface area contributed by atoms with E-state index in [1.807, 2.05) is 12.1 Å². The number of methoxy groups -OCH3 is 3. The van der Waals surface area contributed by atoms with E-state index in [0.29, 0.717) is 71.9 Å². The first kappa shape index (κ1) is 33.6. The normalized spacial score (nSPS) is 16.6. The maximum absolute atomic E-state index is 14.7. The summed E-state index contributed by atoms with van der Waals surface area (Å²) in [6.45, 7) is 4.14. The average molecular weight is 665 g/mol. The summed E-state index contributed by atoms with van der Waals surface area (Å²) in [6, 6.07) is 13.7. The minimum absolute atomic E-state index is 0.101. The van der Waals surface area contributed by atoms with Crippen LogP contribution in [0, 0.1) is 0 Å². The number of benzene rings is 3. The van der Waals surface area contributed by atoms with Gasteiger partial charge in [-0.05, 0) is 92.3 Å². The molecule has 0 radical (unpaired) electrons. The molecule has 0 saturated carbocycles. The van der Waals surface area contributed by atoms with E-state index in [2.05, 4.69) is 16.0 Å². The van der Waals surface area contributed by atoms with Crippen molar-refractivity contribution in [1.29, 1.82) is 0 Å². The summed E-state index contributed by atoms with van der Waals surface area (Å²) < 4.78 is 42.8. The number of anilines is 2. The minimum Gasteiger partial charge on any atom is -0.493 e. The Kier molecular flexibility index (Phi) is 9.94. The molecule has 3 aromatic carbocycles. The Balaban J connectivity index is 1.59. The van der Waals surface area contributed by atoms with Crippen molar-refractivity contribution in [2.45, 2.75) is 55.3 Å². The molecule has 2 aliphatic rings. The van der Waals surface area contributed by atoms with Gasteiger partial charge in [0, 0.05) is 30.0 Å². The summed E-state index contributed by atoms with van der Waals surface area (Å²) in [4.78, 5) is 41.2. The Bertz CT molecular complexity index is 1790. The van der Waals surface area contributed by atoms with Gasteiger partial charge in [0.2, 0.25) is 5.91 Å². The second-order valence-electron chi connectivity index (χ2n) is 11.7. The number of hydrogen-bond acceptors (Lipinski definition) is 9. The Morgan fingerprint density at radius 1 is 0.957 bits per heavy atom. The second kappa shape index (κ2) is 13.9. The van der Waals surface area contributed by atoms with Gasteiger partial charge in [0.15, 0.2) is 21.3 Å². The van der Waals surface area contributed by atoms with Crippen LogP contribution >= 0.6 is 0 Å². The van der Waals surface area contributed by atoms with Crippen molar-refractivity contribution in [3.8, 4) is 11.5 Å². The molecule has 0 spiro atoms. The van der Waals surface area contributed by atoms with Crippen LogP contribution < -0.4 is 25.4 Å². The molecule has 0 bridgehead atoms. The average Bonchev–Trinajstić information content (AvgIpc) is 3.57. The Hall–Kier alpha value is -4.78. The SMILES string of the molecule is COC(=O)Nc1ccc(S(=O)(=O)C(C)C)c(C2CCCN2C(=O)C(Nc2ccc3c(c2)C(=O)NCC3)c2ccc(OC)c(OC)c2)c1. The molecule has 5 rings (SSSR count). The molecule has 13 heteroatoms. The predicted molar refractivity (Wildman–Crippen MR) is 177 cm³/mol. The van der Waals surface area contributed by atoms with E-state index in [-0.39, 0.29) is 16.7 Å². The van der Waals surface area contributed by atoms with Crippen LogP contribution in [0.4, 0.5) is 16.2 Å². The first-order valence-corrected chi connectivity index (χ1v) is 17.0. The fraction of sp³-hybridized carbons (Fsp3) is 0.382. The first-order chi connectivity index (χ1) is 22.5. The summed E-state index contributed by atoms with van der Waals surface area (Å²) in [5, 5.41) is 8.11. The largest absolute Gasteiger partial charge is 0.493 e. The number of nitrogens with zero attached hydrogens (tertiary/aromatic N) is 1. The number of likely N-dealkylation sites (tertiary alicyclic amines) is 1. The highest BCUT2D eigenvalue weighted by molar-refractivity contribution is 7.92.